The minimum Gasteiger partial charge on any atom is -0.346 e. The van der Waals surface area contributed by atoms with Gasteiger partial charge in [-0.2, -0.15) is 0 Å². The van der Waals surface area contributed by atoms with E-state index in [-0.39, 0.29) is 11.9 Å². The van der Waals surface area contributed by atoms with Crippen molar-refractivity contribution in [2.24, 2.45) is 5.92 Å². The molecule has 3 aliphatic rings. The second-order valence-corrected chi connectivity index (χ2v) is 7.59. The molecule has 1 aromatic heterocycles. The summed E-state index contributed by atoms with van der Waals surface area (Å²) in [5.74, 6) is 0.619. The Morgan fingerprint density at radius 1 is 1.30 bits per heavy atom. The molecule has 3 saturated heterocycles. The van der Waals surface area contributed by atoms with E-state index in [1.54, 1.807) is 0 Å². The molecule has 1 atom stereocenters. The number of carbonyl (C=O) groups excluding carboxylic acids is 1. The molecule has 1 aromatic carbocycles. The molecule has 1 amide bonds. The van der Waals surface area contributed by atoms with E-state index in [1.165, 1.54) is 42.8 Å². The Balaban J connectivity index is 1.48. The summed E-state index contributed by atoms with van der Waals surface area (Å²) in [6.45, 7) is 5.45. The lowest BCUT2D eigenvalue weighted by Gasteiger charge is -2.44. The summed E-state index contributed by atoms with van der Waals surface area (Å²) in [4.78, 5) is 20.4. The van der Waals surface area contributed by atoms with E-state index in [0.29, 0.717) is 10.9 Å². The van der Waals surface area contributed by atoms with Crippen LogP contribution in [0.4, 0.5) is 0 Å². The summed E-state index contributed by atoms with van der Waals surface area (Å²) >= 11 is 1.48. The van der Waals surface area contributed by atoms with Crippen molar-refractivity contribution in [3.63, 3.8) is 0 Å². The number of thiazole rings is 1. The van der Waals surface area contributed by atoms with E-state index < -0.39 is 0 Å². The van der Waals surface area contributed by atoms with Crippen molar-refractivity contribution in [1.29, 1.82) is 0 Å². The summed E-state index contributed by atoms with van der Waals surface area (Å²) in [5.41, 5.74) is 2.37. The van der Waals surface area contributed by atoms with Crippen LogP contribution in [-0.2, 0) is 0 Å². The van der Waals surface area contributed by atoms with Gasteiger partial charge in [-0.15, -0.1) is 11.3 Å². The van der Waals surface area contributed by atoms with Gasteiger partial charge < -0.3 is 10.2 Å². The number of hydrogen-bond acceptors (Lipinski definition) is 4. The molecule has 4 nitrogen and oxygen atoms in total. The van der Waals surface area contributed by atoms with E-state index in [2.05, 4.69) is 34.3 Å². The average molecular weight is 327 g/mol. The Bertz CT molecular complexity index is 719. The van der Waals surface area contributed by atoms with Crippen LogP contribution in [0.25, 0.3) is 10.4 Å². The van der Waals surface area contributed by atoms with Gasteiger partial charge in [-0.1, -0.05) is 24.3 Å². The number of aromatic nitrogens is 1. The summed E-state index contributed by atoms with van der Waals surface area (Å²) in [5, 5.41) is 3.78. The highest BCUT2D eigenvalue weighted by Gasteiger charge is 2.35. The third-order valence-corrected chi connectivity index (χ3v) is 6.11. The first-order valence-electron chi connectivity index (χ1n) is 8.26. The minimum atomic E-state index is -0.0198. The van der Waals surface area contributed by atoms with Crippen molar-refractivity contribution < 1.29 is 4.79 Å². The van der Waals surface area contributed by atoms with Crippen LogP contribution in [0.2, 0.25) is 0 Å². The zero-order valence-electron chi connectivity index (χ0n) is 13.3. The number of benzene rings is 1. The number of hydrogen-bond donors (Lipinski definition) is 1. The molecule has 4 heterocycles. The van der Waals surface area contributed by atoms with Gasteiger partial charge in [-0.05, 0) is 49.9 Å². The number of carbonyl (C=O) groups is 1. The Labute approximate surface area is 140 Å². The van der Waals surface area contributed by atoms with Gasteiger partial charge in [0.2, 0.25) is 0 Å². The summed E-state index contributed by atoms with van der Waals surface area (Å²) in [6.07, 6.45) is 4.23. The molecule has 0 unspecified atom stereocenters. The van der Waals surface area contributed by atoms with Crippen LogP contribution in [0.1, 0.15) is 28.2 Å². The van der Waals surface area contributed by atoms with E-state index in [4.69, 9.17) is 0 Å². The molecule has 5 rings (SSSR count). The van der Waals surface area contributed by atoms with Crippen molar-refractivity contribution in [1.82, 2.24) is 15.2 Å². The first kappa shape index (κ1) is 14.8. The highest BCUT2D eigenvalue weighted by Crippen LogP contribution is 2.30. The standard InChI is InChI=1S/C18H21N3OS/c1-12-4-2-3-5-14(12)16-10-19-18(23-16)17(22)20-15-11-21-8-6-13(15)7-9-21/h2-5,10,13,15H,6-9,11H2,1H3,(H,20,22)/t15-/m0/s1. The minimum absolute atomic E-state index is 0.0198. The number of piperidine rings is 3. The van der Waals surface area contributed by atoms with E-state index >= 15 is 0 Å². The predicted octanol–water partition coefficient (Wildman–Crippen LogP) is 2.94. The number of aryl methyl sites for hydroxylation is 1. The van der Waals surface area contributed by atoms with Gasteiger partial charge in [0.1, 0.15) is 0 Å². The van der Waals surface area contributed by atoms with Crippen LogP contribution < -0.4 is 5.32 Å². The summed E-state index contributed by atoms with van der Waals surface area (Å²) < 4.78 is 0. The molecule has 0 saturated carbocycles. The van der Waals surface area contributed by atoms with Gasteiger partial charge in [0.15, 0.2) is 5.01 Å². The average Bonchev–Trinajstić information content (AvgIpc) is 3.06. The third-order valence-electron chi connectivity index (χ3n) is 5.08. The zero-order valence-corrected chi connectivity index (χ0v) is 14.1. The van der Waals surface area contributed by atoms with Crippen LogP contribution in [0.15, 0.2) is 30.5 Å². The molecule has 1 N–H and O–H groups in total. The van der Waals surface area contributed by atoms with E-state index in [9.17, 15) is 4.79 Å². The maximum atomic E-state index is 12.5. The number of amides is 1. The highest BCUT2D eigenvalue weighted by atomic mass is 32.1. The zero-order chi connectivity index (χ0) is 15.8. The van der Waals surface area contributed by atoms with Crippen LogP contribution in [0.3, 0.4) is 0 Å². The third kappa shape index (κ3) is 2.91. The number of nitrogens with zero attached hydrogens (tertiary/aromatic N) is 2. The van der Waals surface area contributed by atoms with Crippen LogP contribution >= 0.6 is 11.3 Å². The quantitative estimate of drug-likeness (QED) is 0.943. The molecule has 23 heavy (non-hydrogen) atoms. The van der Waals surface area contributed by atoms with Gasteiger partial charge in [0, 0.05) is 18.8 Å². The molecule has 5 heteroatoms. The monoisotopic (exact) mass is 327 g/mol. The number of rotatable bonds is 3. The Hall–Kier alpha value is -1.72. The molecular weight excluding hydrogens is 306 g/mol. The van der Waals surface area contributed by atoms with E-state index in [0.717, 1.165) is 17.0 Å². The van der Waals surface area contributed by atoms with Gasteiger partial charge in [-0.3, -0.25) is 4.79 Å². The molecule has 0 spiro atoms. The first-order chi connectivity index (χ1) is 11.2. The fourth-order valence-corrected chi connectivity index (χ4v) is 4.62. The molecule has 0 aliphatic carbocycles. The second kappa shape index (κ2) is 6.06. The Kier molecular flexibility index (Phi) is 3.91. The van der Waals surface area contributed by atoms with Crippen molar-refractivity contribution in [3.05, 3.63) is 41.0 Å². The van der Waals surface area contributed by atoms with Crippen LogP contribution in [-0.4, -0.2) is 41.5 Å². The van der Waals surface area contributed by atoms with Crippen LogP contribution in [0, 0.1) is 12.8 Å². The van der Waals surface area contributed by atoms with Crippen molar-refractivity contribution in [2.45, 2.75) is 25.8 Å². The van der Waals surface area contributed by atoms with Crippen molar-refractivity contribution in [2.75, 3.05) is 19.6 Å². The predicted molar refractivity (Wildman–Crippen MR) is 92.7 cm³/mol. The number of nitrogens with one attached hydrogen (secondary N) is 1. The van der Waals surface area contributed by atoms with Crippen molar-refractivity contribution >= 4 is 17.2 Å². The Morgan fingerprint density at radius 2 is 2.09 bits per heavy atom. The summed E-state index contributed by atoms with van der Waals surface area (Å²) in [7, 11) is 0. The lowest BCUT2D eigenvalue weighted by Crippen LogP contribution is -2.57. The van der Waals surface area contributed by atoms with Crippen molar-refractivity contribution in [3.8, 4) is 10.4 Å². The lowest BCUT2D eigenvalue weighted by atomic mass is 9.84. The largest absolute Gasteiger partial charge is 0.346 e. The fraction of sp³-hybridized carbons (Fsp3) is 0.444. The maximum absolute atomic E-state index is 12.5. The lowest BCUT2D eigenvalue weighted by molar-refractivity contribution is 0.0620. The molecule has 0 radical (unpaired) electrons. The van der Waals surface area contributed by atoms with E-state index in [1.807, 2.05) is 18.3 Å². The molecule has 3 aliphatic heterocycles. The highest BCUT2D eigenvalue weighted by molar-refractivity contribution is 7.17. The van der Waals surface area contributed by atoms with Gasteiger partial charge in [0.25, 0.3) is 5.91 Å². The molecule has 2 aromatic rings. The second-order valence-electron chi connectivity index (χ2n) is 6.56. The van der Waals surface area contributed by atoms with Crippen LogP contribution in [0.5, 0.6) is 0 Å². The van der Waals surface area contributed by atoms with Gasteiger partial charge in [-0.25, -0.2) is 4.98 Å². The molecular formula is C18H21N3OS. The SMILES string of the molecule is Cc1ccccc1-c1cnc(C(=O)N[C@H]2CN3CCC2CC3)s1. The molecule has 3 fully saturated rings. The number of fused-ring (bicyclic) bond motifs is 3. The molecule has 120 valence electrons. The summed E-state index contributed by atoms with van der Waals surface area (Å²) in [6, 6.07) is 8.51. The Morgan fingerprint density at radius 3 is 2.78 bits per heavy atom. The maximum Gasteiger partial charge on any atom is 0.280 e. The van der Waals surface area contributed by atoms with Gasteiger partial charge >= 0.3 is 0 Å². The smallest absolute Gasteiger partial charge is 0.280 e. The molecule has 2 bridgehead atoms. The van der Waals surface area contributed by atoms with Gasteiger partial charge in [0.05, 0.1) is 4.88 Å². The fourth-order valence-electron chi connectivity index (χ4n) is 3.71. The first-order valence-corrected chi connectivity index (χ1v) is 9.07. The topological polar surface area (TPSA) is 45.2 Å². The normalized spacial score (nSPS) is 26.2.